The average molecular weight is 360 g/mol. The van der Waals surface area contributed by atoms with Crippen LogP contribution in [-0.4, -0.2) is 42.7 Å². The van der Waals surface area contributed by atoms with E-state index < -0.39 is 0 Å². The van der Waals surface area contributed by atoms with Crippen molar-refractivity contribution in [3.63, 3.8) is 0 Å². The first kappa shape index (κ1) is 19.2. The first-order valence-electron chi connectivity index (χ1n) is 10.4. The predicted molar refractivity (Wildman–Crippen MR) is 104 cm³/mol. The second-order valence-corrected chi connectivity index (χ2v) is 7.77. The van der Waals surface area contributed by atoms with Crippen LogP contribution in [0, 0.1) is 0 Å². The lowest BCUT2D eigenvalue weighted by Crippen LogP contribution is -2.38. The van der Waals surface area contributed by atoms with Crippen molar-refractivity contribution in [2.45, 2.75) is 76.9 Å². The van der Waals surface area contributed by atoms with Gasteiger partial charge in [0.05, 0.1) is 18.3 Å². The summed E-state index contributed by atoms with van der Waals surface area (Å²) in [5.74, 6) is 0.619. The summed E-state index contributed by atoms with van der Waals surface area (Å²) in [6.45, 7) is 4.98. The standard InChI is InChI=1S/C22H33NO3/c1-18-8-5-6-15-23(18)16-7-17-25-22(24)19-11-13-21(14-12-19)26-20-9-3-2-4-10-20/h11-14,18,20H,2-10,15-17H2,1H3/t18-/m1/s1. The molecule has 1 saturated carbocycles. The highest BCUT2D eigenvalue weighted by Gasteiger charge is 2.18. The predicted octanol–water partition coefficient (Wildman–Crippen LogP) is 4.82. The molecule has 0 N–H and O–H groups in total. The van der Waals surface area contributed by atoms with E-state index in [1.54, 1.807) is 0 Å². The summed E-state index contributed by atoms with van der Waals surface area (Å²) in [4.78, 5) is 14.7. The van der Waals surface area contributed by atoms with Crippen LogP contribution >= 0.6 is 0 Å². The molecule has 2 fully saturated rings. The minimum Gasteiger partial charge on any atom is -0.490 e. The van der Waals surface area contributed by atoms with Crippen LogP contribution < -0.4 is 4.74 Å². The third-order valence-electron chi connectivity index (χ3n) is 5.71. The van der Waals surface area contributed by atoms with E-state index in [0.29, 0.717) is 24.3 Å². The molecule has 1 heterocycles. The van der Waals surface area contributed by atoms with Gasteiger partial charge in [-0.25, -0.2) is 4.79 Å². The highest BCUT2D eigenvalue weighted by Crippen LogP contribution is 2.23. The molecule has 0 bridgehead atoms. The van der Waals surface area contributed by atoms with E-state index in [4.69, 9.17) is 9.47 Å². The number of hydrogen-bond acceptors (Lipinski definition) is 4. The highest BCUT2D eigenvalue weighted by atomic mass is 16.5. The van der Waals surface area contributed by atoms with Gasteiger partial charge in [0.1, 0.15) is 5.75 Å². The van der Waals surface area contributed by atoms with E-state index in [-0.39, 0.29) is 5.97 Å². The molecule has 0 aromatic heterocycles. The van der Waals surface area contributed by atoms with Crippen LogP contribution in [0.3, 0.4) is 0 Å². The number of carbonyl (C=O) groups excluding carboxylic acids is 1. The van der Waals surface area contributed by atoms with Crippen molar-refractivity contribution < 1.29 is 14.3 Å². The number of likely N-dealkylation sites (tertiary alicyclic amines) is 1. The Kier molecular flexibility index (Phi) is 7.36. The Morgan fingerprint density at radius 1 is 1.04 bits per heavy atom. The lowest BCUT2D eigenvalue weighted by atomic mass is 9.98. The van der Waals surface area contributed by atoms with Crippen molar-refractivity contribution >= 4 is 5.97 Å². The summed E-state index contributed by atoms with van der Waals surface area (Å²) in [7, 11) is 0. The maximum atomic E-state index is 12.2. The van der Waals surface area contributed by atoms with Gasteiger partial charge in [0.2, 0.25) is 0 Å². The monoisotopic (exact) mass is 359 g/mol. The van der Waals surface area contributed by atoms with E-state index in [1.807, 2.05) is 24.3 Å². The normalized spacial score (nSPS) is 22.1. The van der Waals surface area contributed by atoms with Crippen LogP contribution in [0.2, 0.25) is 0 Å². The molecule has 4 nitrogen and oxygen atoms in total. The maximum Gasteiger partial charge on any atom is 0.338 e. The molecule has 3 rings (SSSR count). The zero-order chi connectivity index (χ0) is 18.2. The lowest BCUT2D eigenvalue weighted by molar-refractivity contribution is 0.0475. The largest absolute Gasteiger partial charge is 0.490 e. The van der Waals surface area contributed by atoms with Gasteiger partial charge >= 0.3 is 5.97 Å². The second kappa shape index (κ2) is 9.96. The van der Waals surface area contributed by atoms with Crippen molar-refractivity contribution in [2.75, 3.05) is 19.7 Å². The molecule has 4 heteroatoms. The molecule has 1 aliphatic heterocycles. The Morgan fingerprint density at radius 2 is 1.77 bits per heavy atom. The third-order valence-corrected chi connectivity index (χ3v) is 5.71. The van der Waals surface area contributed by atoms with Crippen LogP contribution in [0.1, 0.15) is 75.1 Å². The van der Waals surface area contributed by atoms with Gasteiger partial charge in [-0.2, -0.15) is 0 Å². The van der Waals surface area contributed by atoms with Crippen molar-refractivity contribution in [1.82, 2.24) is 4.90 Å². The highest BCUT2D eigenvalue weighted by molar-refractivity contribution is 5.89. The smallest absolute Gasteiger partial charge is 0.338 e. The maximum absolute atomic E-state index is 12.2. The van der Waals surface area contributed by atoms with Crippen molar-refractivity contribution in [3.05, 3.63) is 29.8 Å². The van der Waals surface area contributed by atoms with Crippen molar-refractivity contribution in [3.8, 4) is 5.75 Å². The molecule has 0 unspecified atom stereocenters. The lowest BCUT2D eigenvalue weighted by Gasteiger charge is -2.33. The molecule has 144 valence electrons. The van der Waals surface area contributed by atoms with Gasteiger partial charge in [0, 0.05) is 12.6 Å². The Labute approximate surface area is 157 Å². The molecule has 1 aromatic rings. The zero-order valence-electron chi connectivity index (χ0n) is 16.1. The van der Waals surface area contributed by atoms with Crippen molar-refractivity contribution in [2.24, 2.45) is 0 Å². The van der Waals surface area contributed by atoms with E-state index in [1.165, 1.54) is 45.1 Å². The van der Waals surface area contributed by atoms with Crippen LogP contribution in [0.4, 0.5) is 0 Å². The minimum absolute atomic E-state index is 0.235. The molecule has 0 amide bonds. The first-order valence-corrected chi connectivity index (χ1v) is 10.4. The van der Waals surface area contributed by atoms with Gasteiger partial charge in [-0.1, -0.05) is 12.8 Å². The number of rotatable bonds is 7. The second-order valence-electron chi connectivity index (χ2n) is 7.77. The zero-order valence-corrected chi connectivity index (χ0v) is 16.1. The summed E-state index contributed by atoms with van der Waals surface area (Å²) < 4.78 is 11.4. The first-order chi connectivity index (χ1) is 12.7. The molecule has 0 radical (unpaired) electrons. The summed E-state index contributed by atoms with van der Waals surface area (Å²) in [5.41, 5.74) is 0.604. The van der Waals surface area contributed by atoms with Gasteiger partial charge in [-0.15, -0.1) is 0 Å². The van der Waals surface area contributed by atoms with Gasteiger partial charge in [0.25, 0.3) is 0 Å². The van der Waals surface area contributed by atoms with Gasteiger partial charge < -0.3 is 14.4 Å². The third kappa shape index (κ3) is 5.73. The Morgan fingerprint density at radius 3 is 2.50 bits per heavy atom. The number of nitrogens with zero attached hydrogens (tertiary/aromatic N) is 1. The summed E-state index contributed by atoms with van der Waals surface area (Å²) in [6, 6.07) is 8.07. The molecule has 1 atom stereocenters. The SMILES string of the molecule is C[C@@H]1CCCCN1CCCOC(=O)c1ccc(OC2CCCCC2)cc1. The van der Waals surface area contributed by atoms with Crippen LogP contribution in [-0.2, 0) is 4.74 Å². The van der Waals surface area contributed by atoms with Crippen LogP contribution in [0.5, 0.6) is 5.75 Å². The van der Waals surface area contributed by atoms with Gasteiger partial charge in [-0.3, -0.25) is 0 Å². The average Bonchev–Trinajstić information content (AvgIpc) is 2.68. The Bertz CT molecular complexity index is 551. The van der Waals surface area contributed by atoms with E-state index >= 15 is 0 Å². The minimum atomic E-state index is -0.235. The van der Waals surface area contributed by atoms with E-state index in [9.17, 15) is 4.79 Å². The van der Waals surface area contributed by atoms with Gasteiger partial charge in [-0.05, 0) is 82.7 Å². The Hall–Kier alpha value is -1.55. The van der Waals surface area contributed by atoms with Crippen molar-refractivity contribution in [1.29, 1.82) is 0 Å². The topological polar surface area (TPSA) is 38.8 Å². The number of ether oxygens (including phenoxy) is 2. The summed E-state index contributed by atoms with van der Waals surface area (Å²) in [5, 5.41) is 0. The molecule has 2 aliphatic rings. The number of hydrogen-bond donors (Lipinski definition) is 0. The molecule has 1 aromatic carbocycles. The molecule has 1 saturated heterocycles. The molecule has 1 aliphatic carbocycles. The quantitative estimate of drug-likeness (QED) is 0.517. The fourth-order valence-electron chi connectivity index (χ4n) is 4.05. The number of carbonyl (C=O) groups is 1. The molecule has 0 spiro atoms. The molecular weight excluding hydrogens is 326 g/mol. The Balaban J connectivity index is 1.37. The molecular formula is C22H33NO3. The number of esters is 1. The molecule has 26 heavy (non-hydrogen) atoms. The summed E-state index contributed by atoms with van der Waals surface area (Å²) >= 11 is 0. The van der Waals surface area contributed by atoms with E-state index in [2.05, 4.69) is 11.8 Å². The van der Waals surface area contributed by atoms with Gasteiger partial charge in [0.15, 0.2) is 0 Å². The fourth-order valence-corrected chi connectivity index (χ4v) is 4.05. The fraction of sp³-hybridized carbons (Fsp3) is 0.682. The number of benzene rings is 1. The number of piperidine rings is 1. The summed E-state index contributed by atoms with van der Waals surface area (Å²) in [6.07, 6.45) is 11.3. The van der Waals surface area contributed by atoms with Crippen LogP contribution in [0.25, 0.3) is 0 Å². The van der Waals surface area contributed by atoms with E-state index in [0.717, 1.165) is 31.6 Å². The van der Waals surface area contributed by atoms with Crippen LogP contribution in [0.15, 0.2) is 24.3 Å².